The Balaban J connectivity index is 1.63. The Morgan fingerprint density at radius 3 is 2.90 bits per heavy atom. The van der Waals surface area contributed by atoms with Crippen LogP contribution in [0.4, 0.5) is 0 Å². The minimum absolute atomic E-state index is 0.202. The van der Waals surface area contributed by atoms with Crippen LogP contribution in [-0.4, -0.2) is 19.7 Å². The number of hydrogen-bond donors (Lipinski definition) is 1. The van der Waals surface area contributed by atoms with Crippen molar-refractivity contribution in [3.05, 3.63) is 27.7 Å². The Morgan fingerprint density at radius 1 is 1.29 bits per heavy atom. The maximum atomic E-state index is 4.66. The molecule has 2 aromatic rings. The molecule has 5 nitrogen and oxygen atoms in total. The van der Waals surface area contributed by atoms with Gasteiger partial charge in [0.15, 0.2) is 0 Å². The van der Waals surface area contributed by atoms with Gasteiger partial charge in [-0.3, -0.25) is 0 Å². The summed E-state index contributed by atoms with van der Waals surface area (Å²) >= 11 is 1.75. The van der Waals surface area contributed by atoms with Crippen LogP contribution in [-0.2, 0) is 19.5 Å². The van der Waals surface area contributed by atoms with Crippen LogP contribution in [0.25, 0.3) is 0 Å². The molecule has 0 saturated heterocycles. The molecule has 3 heterocycles. The minimum Gasteiger partial charge on any atom is -0.314 e. The van der Waals surface area contributed by atoms with Gasteiger partial charge in [0, 0.05) is 30.8 Å². The van der Waals surface area contributed by atoms with Crippen molar-refractivity contribution in [3.63, 3.8) is 0 Å². The van der Waals surface area contributed by atoms with Crippen LogP contribution in [0.15, 0.2) is 5.38 Å². The molecule has 1 aliphatic heterocycles. The van der Waals surface area contributed by atoms with Gasteiger partial charge < -0.3 is 9.88 Å². The number of hydrogen-bond acceptors (Lipinski definition) is 5. The largest absolute Gasteiger partial charge is 0.314 e. The smallest absolute Gasteiger partial charge is 0.149 e. The number of nitrogens with one attached hydrogen (secondary N) is 1. The molecule has 3 rings (SSSR count). The first-order chi connectivity index (χ1) is 10.1. The van der Waals surface area contributed by atoms with Gasteiger partial charge in [0.25, 0.3) is 0 Å². The van der Waals surface area contributed by atoms with E-state index in [1.807, 2.05) is 0 Å². The Kier molecular flexibility index (Phi) is 4.35. The fourth-order valence-electron chi connectivity index (χ4n) is 2.67. The third-order valence-corrected chi connectivity index (χ3v) is 5.12. The molecule has 1 N–H and O–H groups in total. The molecule has 0 radical (unpaired) electrons. The zero-order valence-electron chi connectivity index (χ0n) is 13.0. The standard InChI is InChI=1S/C15H23N5S/c1-10(2)15-17-12(9-21-15)8-16-11(3)14-19-18-13-6-4-5-7-20(13)14/h9-11,16H,4-8H2,1-3H3. The molecule has 0 spiro atoms. The molecule has 114 valence electrons. The van der Waals surface area contributed by atoms with Gasteiger partial charge in [0.2, 0.25) is 0 Å². The summed E-state index contributed by atoms with van der Waals surface area (Å²) in [6, 6.07) is 0.202. The second-order valence-electron chi connectivity index (χ2n) is 6.02. The highest BCUT2D eigenvalue weighted by atomic mass is 32.1. The van der Waals surface area contributed by atoms with Crippen molar-refractivity contribution in [3.8, 4) is 0 Å². The molecule has 0 saturated carbocycles. The van der Waals surface area contributed by atoms with Gasteiger partial charge in [-0.1, -0.05) is 13.8 Å². The fraction of sp³-hybridized carbons (Fsp3) is 0.667. The van der Waals surface area contributed by atoms with Crippen LogP contribution in [0.1, 0.15) is 67.9 Å². The first kappa shape index (κ1) is 14.7. The molecule has 1 unspecified atom stereocenters. The molecule has 0 fully saturated rings. The van der Waals surface area contributed by atoms with Crippen molar-refractivity contribution in [1.82, 2.24) is 25.1 Å². The van der Waals surface area contributed by atoms with Crippen molar-refractivity contribution < 1.29 is 0 Å². The van der Waals surface area contributed by atoms with Crippen LogP contribution in [0.5, 0.6) is 0 Å². The lowest BCUT2D eigenvalue weighted by atomic mass is 10.1. The summed E-state index contributed by atoms with van der Waals surface area (Å²) in [5.41, 5.74) is 1.12. The van der Waals surface area contributed by atoms with Gasteiger partial charge in [-0.15, -0.1) is 21.5 Å². The Hall–Kier alpha value is -1.27. The summed E-state index contributed by atoms with van der Waals surface area (Å²) in [6.07, 6.45) is 3.52. The summed E-state index contributed by atoms with van der Waals surface area (Å²) in [6.45, 7) is 8.36. The zero-order valence-corrected chi connectivity index (χ0v) is 13.8. The maximum Gasteiger partial charge on any atom is 0.149 e. The summed E-state index contributed by atoms with van der Waals surface area (Å²) in [5, 5.41) is 15.6. The van der Waals surface area contributed by atoms with E-state index >= 15 is 0 Å². The summed E-state index contributed by atoms with van der Waals surface area (Å²) in [7, 11) is 0. The quantitative estimate of drug-likeness (QED) is 0.922. The highest BCUT2D eigenvalue weighted by Gasteiger charge is 2.19. The highest BCUT2D eigenvalue weighted by molar-refractivity contribution is 7.09. The second-order valence-corrected chi connectivity index (χ2v) is 6.91. The number of aryl methyl sites for hydroxylation is 1. The van der Waals surface area contributed by atoms with Crippen LogP contribution in [0.3, 0.4) is 0 Å². The zero-order chi connectivity index (χ0) is 14.8. The third kappa shape index (κ3) is 3.16. The summed E-state index contributed by atoms with van der Waals surface area (Å²) in [4.78, 5) is 4.66. The second kappa shape index (κ2) is 6.23. The maximum absolute atomic E-state index is 4.66. The molecule has 6 heteroatoms. The Morgan fingerprint density at radius 2 is 2.14 bits per heavy atom. The fourth-order valence-corrected chi connectivity index (χ4v) is 3.50. The summed E-state index contributed by atoms with van der Waals surface area (Å²) < 4.78 is 2.28. The first-order valence-corrected chi connectivity index (χ1v) is 8.62. The molecule has 21 heavy (non-hydrogen) atoms. The van der Waals surface area contributed by atoms with Gasteiger partial charge in [0.1, 0.15) is 11.6 Å². The predicted octanol–water partition coefficient (Wildman–Crippen LogP) is 3.05. The molecule has 1 aliphatic rings. The van der Waals surface area contributed by atoms with Gasteiger partial charge in [-0.05, 0) is 19.8 Å². The lowest BCUT2D eigenvalue weighted by Gasteiger charge is -2.18. The average molecular weight is 305 g/mol. The molecule has 1 atom stereocenters. The van der Waals surface area contributed by atoms with Crippen molar-refractivity contribution in [2.75, 3.05) is 0 Å². The van der Waals surface area contributed by atoms with E-state index in [-0.39, 0.29) is 6.04 Å². The molecule has 0 amide bonds. The Labute approximate surface area is 129 Å². The highest BCUT2D eigenvalue weighted by Crippen LogP contribution is 2.21. The monoisotopic (exact) mass is 305 g/mol. The average Bonchev–Trinajstić information content (AvgIpc) is 3.11. The van der Waals surface area contributed by atoms with E-state index in [9.17, 15) is 0 Å². The van der Waals surface area contributed by atoms with E-state index in [2.05, 4.69) is 51.2 Å². The number of fused-ring (bicyclic) bond motifs is 1. The van der Waals surface area contributed by atoms with E-state index in [1.165, 1.54) is 17.8 Å². The van der Waals surface area contributed by atoms with Crippen LogP contribution >= 0.6 is 11.3 Å². The van der Waals surface area contributed by atoms with Crippen LogP contribution < -0.4 is 5.32 Å². The van der Waals surface area contributed by atoms with E-state index in [0.29, 0.717) is 5.92 Å². The minimum atomic E-state index is 0.202. The molecular weight excluding hydrogens is 282 g/mol. The van der Waals surface area contributed by atoms with Crippen LogP contribution in [0, 0.1) is 0 Å². The number of aromatic nitrogens is 4. The van der Waals surface area contributed by atoms with Gasteiger partial charge in [-0.25, -0.2) is 4.98 Å². The number of rotatable bonds is 5. The first-order valence-electron chi connectivity index (χ1n) is 7.75. The van der Waals surface area contributed by atoms with Crippen molar-refractivity contribution >= 4 is 11.3 Å². The van der Waals surface area contributed by atoms with E-state index < -0.39 is 0 Å². The number of nitrogens with zero attached hydrogens (tertiary/aromatic N) is 4. The predicted molar refractivity (Wildman–Crippen MR) is 84.4 cm³/mol. The lowest BCUT2D eigenvalue weighted by molar-refractivity contribution is 0.464. The topological polar surface area (TPSA) is 55.6 Å². The normalized spacial score (nSPS) is 16.2. The summed E-state index contributed by atoms with van der Waals surface area (Å²) in [5.74, 6) is 2.70. The lowest BCUT2D eigenvalue weighted by Crippen LogP contribution is -2.23. The van der Waals surface area contributed by atoms with E-state index in [1.54, 1.807) is 11.3 Å². The van der Waals surface area contributed by atoms with Crippen LogP contribution in [0.2, 0.25) is 0 Å². The molecule has 0 aliphatic carbocycles. The van der Waals surface area contributed by atoms with Crippen molar-refractivity contribution in [2.45, 2.75) is 65.1 Å². The third-order valence-electron chi connectivity index (χ3n) is 3.93. The number of thiazole rings is 1. The van der Waals surface area contributed by atoms with E-state index in [0.717, 1.165) is 36.9 Å². The molecule has 0 bridgehead atoms. The molecule has 2 aromatic heterocycles. The van der Waals surface area contributed by atoms with Crippen molar-refractivity contribution in [1.29, 1.82) is 0 Å². The molecular formula is C15H23N5S. The Bertz CT molecular complexity index is 601. The van der Waals surface area contributed by atoms with Gasteiger partial charge >= 0.3 is 0 Å². The van der Waals surface area contributed by atoms with E-state index in [4.69, 9.17) is 0 Å². The van der Waals surface area contributed by atoms with Gasteiger partial charge in [0.05, 0.1) is 16.7 Å². The SMILES string of the molecule is CC(C)c1nc(CNC(C)c2nnc3n2CCCC3)cs1. The van der Waals surface area contributed by atoms with Gasteiger partial charge in [-0.2, -0.15) is 0 Å². The van der Waals surface area contributed by atoms with Crippen molar-refractivity contribution in [2.24, 2.45) is 0 Å². The molecule has 0 aromatic carbocycles.